The SMILES string of the molecule is N#Cc1cc(CNCCC2(c3ccc(C4CCC4)cn3)CCCCCOCC2)cnc1F. The van der Waals surface area contributed by atoms with Crippen LogP contribution in [0.25, 0.3) is 0 Å². The molecule has 6 heteroatoms. The summed E-state index contributed by atoms with van der Waals surface area (Å²) in [6, 6.07) is 7.98. The zero-order chi connectivity index (χ0) is 22.2. The Balaban J connectivity index is 1.44. The normalized spacial score (nSPS) is 22.2. The lowest BCUT2D eigenvalue weighted by molar-refractivity contribution is 0.113. The van der Waals surface area contributed by atoms with Crippen molar-refractivity contribution in [3.05, 3.63) is 58.9 Å². The van der Waals surface area contributed by atoms with Gasteiger partial charge in [-0.3, -0.25) is 4.98 Å². The highest BCUT2D eigenvalue weighted by Gasteiger charge is 2.33. The van der Waals surface area contributed by atoms with E-state index in [-0.39, 0.29) is 11.0 Å². The number of nitrogens with one attached hydrogen (secondary N) is 1. The average Bonchev–Trinajstić information content (AvgIpc) is 2.90. The lowest BCUT2D eigenvalue weighted by atomic mass is 9.73. The van der Waals surface area contributed by atoms with E-state index in [9.17, 15) is 4.39 Å². The molecule has 1 N–H and O–H groups in total. The van der Waals surface area contributed by atoms with Crippen LogP contribution >= 0.6 is 0 Å². The quantitative estimate of drug-likeness (QED) is 0.480. The van der Waals surface area contributed by atoms with E-state index in [1.165, 1.54) is 49.6 Å². The third-order valence-electron chi connectivity index (χ3n) is 7.20. The topological polar surface area (TPSA) is 70.8 Å². The number of hydrogen-bond acceptors (Lipinski definition) is 5. The van der Waals surface area contributed by atoms with E-state index in [0.717, 1.165) is 51.0 Å². The number of halogens is 1. The van der Waals surface area contributed by atoms with Gasteiger partial charge >= 0.3 is 0 Å². The van der Waals surface area contributed by atoms with Gasteiger partial charge in [0.1, 0.15) is 11.6 Å². The molecule has 5 nitrogen and oxygen atoms in total. The van der Waals surface area contributed by atoms with Crippen molar-refractivity contribution in [2.45, 2.75) is 75.7 Å². The summed E-state index contributed by atoms with van der Waals surface area (Å²) < 4.78 is 19.4. The average molecular weight is 437 g/mol. The molecular weight excluding hydrogens is 403 g/mol. The molecule has 0 spiro atoms. The zero-order valence-corrected chi connectivity index (χ0v) is 18.8. The first-order valence-corrected chi connectivity index (χ1v) is 12.0. The Morgan fingerprint density at radius 2 is 2.00 bits per heavy atom. The predicted molar refractivity (Wildman–Crippen MR) is 122 cm³/mol. The first-order valence-electron chi connectivity index (χ1n) is 12.0. The first kappa shape index (κ1) is 22.8. The third kappa shape index (κ3) is 5.51. The number of aromatic nitrogens is 2. The van der Waals surface area contributed by atoms with Crippen molar-refractivity contribution in [2.24, 2.45) is 0 Å². The molecule has 2 aromatic rings. The number of rotatable bonds is 7. The van der Waals surface area contributed by atoms with Crippen LogP contribution in [0.3, 0.4) is 0 Å². The molecule has 2 aliphatic rings. The number of pyridine rings is 2. The minimum atomic E-state index is -0.711. The lowest BCUT2D eigenvalue weighted by Gasteiger charge is -2.34. The van der Waals surface area contributed by atoms with Gasteiger partial charge in [0, 0.05) is 43.3 Å². The second kappa shape index (κ2) is 11.0. The molecule has 0 amide bonds. The molecule has 1 aliphatic heterocycles. The van der Waals surface area contributed by atoms with Gasteiger partial charge in [-0.2, -0.15) is 9.65 Å². The molecule has 2 aromatic heterocycles. The van der Waals surface area contributed by atoms with E-state index in [2.05, 4.69) is 28.6 Å². The van der Waals surface area contributed by atoms with Crippen molar-refractivity contribution in [3.8, 4) is 6.07 Å². The number of ether oxygens (including phenoxy) is 1. The predicted octanol–water partition coefficient (Wildman–Crippen LogP) is 5.15. The van der Waals surface area contributed by atoms with E-state index in [0.29, 0.717) is 12.5 Å². The third-order valence-corrected chi connectivity index (χ3v) is 7.20. The Kier molecular flexibility index (Phi) is 7.83. The van der Waals surface area contributed by atoms with Gasteiger partial charge in [0.05, 0.1) is 0 Å². The Labute approximate surface area is 190 Å². The van der Waals surface area contributed by atoms with Crippen molar-refractivity contribution in [2.75, 3.05) is 19.8 Å². The van der Waals surface area contributed by atoms with Crippen LogP contribution in [0.4, 0.5) is 4.39 Å². The number of nitrogens with zero attached hydrogens (tertiary/aromatic N) is 3. The van der Waals surface area contributed by atoms with Gasteiger partial charge in [-0.25, -0.2) is 4.98 Å². The van der Waals surface area contributed by atoms with E-state index in [1.807, 2.05) is 6.07 Å². The van der Waals surface area contributed by atoms with Crippen LogP contribution < -0.4 is 5.32 Å². The summed E-state index contributed by atoms with van der Waals surface area (Å²) >= 11 is 0. The largest absolute Gasteiger partial charge is 0.381 e. The standard InChI is InChI=1S/C26H33FN4O/c27-25-23(16-28)15-20(18-31-25)17-29-12-10-26(9-2-1-3-13-32-14-11-26)24-8-7-22(19-30-24)21-5-4-6-21/h7-8,15,18-19,21,29H,1-6,9-14,17H2. The Morgan fingerprint density at radius 1 is 1.09 bits per heavy atom. The summed E-state index contributed by atoms with van der Waals surface area (Å²) in [6.45, 7) is 2.98. The summed E-state index contributed by atoms with van der Waals surface area (Å²) in [5, 5.41) is 12.5. The molecule has 1 aliphatic carbocycles. The highest BCUT2D eigenvalue weighted by atomic mass is 19.1. The maximum atomic E-state index is 13.5. The molecule has 1 atom stereocenters. The van der Waals surface area contributed by atoms with Crippen LogP contribution in [0.5, 0.6) is 0 Å². The van der Waals surface area contributed by atoms with Gasteiger partial charge < -0.3 is 10.1 Å². The monoisotopic (exact) mass is 436 g/mol. The Hall–Kier alpha value is -2.36. The second-order valence-corrected chi connectivity index (χ2v) is 9.28. The smallest absolute Gasteiger partial charge is 0.230 e. The van der Waals surface area contributed by atoms with Crippen LogP contribution in [0, 0.1) is 17.3 Å². The highest BCUT2D eigenvalue weighted by Crippen LogP contribution is 2.39. The molecule has 3 heterocycles. The van der Waals surface area contributed by atoms with Gasteiger partial charge in [-0.15, -0.1) is 0 Å². The molecule has 0 bridgehead atoms. The van der Waals surface area contributed by atoms with Crippen molar-refractivity contribution < 1.29 is 9.13 Å². The first-order chi connectivity index (χ1) is 15.7. The molecule has 0 radical (unpaired) electrons. The lowest BCUT2D eigenvalue weighted by Crippen LogP contribution is -2.33. The van der Waals surface area contributed by atoms with Crippen LogP contribution in [0.2, 0.25) is 0 Å². The fraction of sp³-hybridized carbons (Fsp3) is 0.577. The van der Waals surface area contributed by atoms with Crippen LogP contribution in [-0.4, -0.2) is 29.7 Å². The molecule has 4 rings (SSSR count). The number of hydrogen-bond donors (Lipinski definition) is 1. The summed E-state index contributed by atoms with van der Waals surface area (Å²) in [5.41, 5.74) is 3.37. The maximum absolute atomic E-state index is 13.5. The summed E-state index contributed by atoms with van der Waals surface area (Å²) in [7, 11) is 0. The fourth-order valence-corrected chi connectivity index (χ4v) is 4.90. The summed E-state index contributed by atoms with van der Waals surface area (Å²) in [6.07, 6.45) is 14.1. The molecule has 1 saturated heterocycles. The van der Waals surface area contributed by atoms with Gasteiger partial charge in [-0.1, -0.05) is 25.3 Å². The van der Waals surface area contributed by atoms with Crippen molar-refractivity contribution in [3.63, 3.8) is 0 Å². The van der Waals surface area contributed by atoms with Gasteiger partial charge in [0.25, 0.3) is 0 Å². The van der Waals surface area contributed by atoms with E-state index >= 15 is 0 Å². The summed E-state index contributed by atoms with van der Waals surface area (Å²) in [5.74, 6) is -0.0159. The van der Waals surface area contributed by atoms with Crippen molar-refractivity contribution in [1.82, 2.24) is 15.3 Å². The Morgan fingerprint density at radius 3 is 2.75 bits per heavy atom. The second-order valence-electron chi connectivity index (χ2n) is 9.28. The number of nitriles is 1. The van der Waals surface area contributed by atoms with Crippen molar-refractivity contribution in [1.29, 1.82) is 5.26 Å². The van der Waals surface area contributed by atoms with Gasteiger partial charge in [-0.05, 0) is 74.2 Å². The molecule has 170 valence electrons. The highest BCUT2D eigenvalue weighted by molar-refractivity contribution is 5.30. The molecule has 1 unspecified atom stereocenters. The minimum absolute atomic E-state index is 0.00561. The van der Waals surface area contributed by atoms with Crippen LogP contribution in [0.15, 0.2) is 30.6 Å². The minimum Gasteiger partial charge on any atom is -0.381 e. The fourth-order valence-electron chi connectivity index (χ4n) is 4.90. The zero-order valence-electron chi connectivity index (χ0n) is 18.8. The van der Waals surface area contributed by atoms with Gasteiger partial charge in [0.15, 0.2) is 0 Å². The van der Waals surface area contributed by atoms with E-state index in [1.54, 1.807) is 6.07 Å². The Bertz CT molecular complexity index is 910. The maximum Gasteiger partial charge on any atom is 0.230 e. The molecule has 2 fully saturated rings. The molecule has 1 saturated carbocycles. The summed E-state index contributed by atoms with van der Waals surface area (Å²) in [4.78, 5) is 8.67. The van der Waals surface area contributed by atoms with E-state index < -0.39 is 5.95 Å². The van der Waals surface area contributed by atoms with Crippen LogP contribution in [0.1, 0.15) is 86.1 Å². The molecule has 0 aromatic carbocycles. The van der Waals surface area contributed by atoms with E-state index in [4.69, 9.17) is 15.0 Å². The van der Waals surface area contributed by atoms with Crippen molar-refractivity contribution >= 4 is 0 Å². The van der Waals surface area contributed by atoms with Crippen LogP contribution in [-0.2, 0) is 16.7 Å². The molecular formula is C26H33FN4O. The molecule has 32 heavy (non-hydrogen) atoms. The van der Waals surface area contributed by atoms with Gasteiger partial charge in [0.2, 0.25) is 5.95 Å².